The molecule has 0 aliphatic carbocycles. The maximum absolute atomic E-state index is 11.6. The summed E-state index contributed by atoms with van der Waals surface area (Å²) in [4.78, 5) is 0. The van der Waals surface area contributed by atoms with Crippen molar-refractivity contribution in [3.8, 4) is 0 Å². The Balaban J connectivity index is 3.99. The van der Waals surface area contributed by atoms with E-state index in [1.807, 2.05) is 0 Å². The molecule has 0 aromatic carbocycles. The van der Waals surface area contributed by atoms with Crippen LogP contribution in [0.1, 0.15) is 26.7 Å². The van der Waals surface area contributed by atoms with Gasteiger partial charge in [-0.25, -0.2) is 0 Å². The minimum atomic E-state index is -4.54. The third-order valence-corrected chi connectivity index (χ3v) is 1.03. The van der Waals surface area contributed by atoms with Gasteiger partial charge in [0.1, 0.15) is 5.76 Å². The first kappa shape index (κ1) is 10.3. The summed E-state index contributed by atoms with van der Waals surface area (Å²) in [5.74, 6) is -0.0139. The van der Waals surface area contributed by atoms with E-state index >= 15 is 0 Å². The van der Waals surface area contributed by atoms with E-state index in [-0.39, 0.29) is 12.2 Å². The number of ether oxygens (including phenoxy) is 1. The number of rotatable bonds is 3. The number of alkyl halides is 3. The Labute approximate surface area is 63.8 Å². The van der Waals surface area contributed by atoms with E-state index in [4.69, 9.17) is 0 Å². The van der Waals surface area contributed by atoms with Crippen LogP contribution in [-0.2, 0) is 4.74 Å². The molecule has 0 aliphatic rings. The van der Waals surface area contributed by atoms with Crippen molar-refractivity contribution < 1.29 is 17.9 Å². The third-order valence-electron chi connectivity index (χ3n) is 1.03. The first-order valence-electron chi connectivity index (χ1n) is 3.44. The molecule has 0 spiro atoms. The van der Waals surface area contributed by atoms with E-state index in [1.54, 1.807) is 13.8 Å². The topological polar surface area (TPSA) is 9.23 Å². The van der Waals surface area contributed by atoms with Crippen LogP contribution in [0.15, 0.2) is 11.8 Å². The Morgan fingerprint density at radius 1 is 1.36 bits per heavy atom. The van der Waals surface area contributed by atoms with Crippen molar-refractivity contribution in [3.63, 3.8) is 0 Å². The summed E-state index contributed by atoms with van der Waals surface area (Å²) >= 11 is 0. The average Bonchev–Trinajstić information content (AvgIpc) is 1.84. The molecule has 66 valence electrons. The van der Waals surface area contributed by atoms with Crippen molar-refractivity contribution in [3.05, 3.63) is 11.8 Å². The molecular weight excluding hydrogens is 157 g/mol. The van der Waals surface area contributed by atoms with E-state index in [0.717, 1.165) is 0 Å². The van der Waals surface area contributed by atoms with Crippen LogP contribution in [0.2, 0.25) is 0 Å². The van der Waals surface area contributed by atoms with Crippen LogP contribution < -0.4 is 0 Å². The Hall–Kier alpha value is -0.670. The van der Waals surface area contributed by atoms with Gasteiger partial charge in [0.05, 0.1) is 0 Å². The van der Waals surface area contributed by atoms with Gasteiger partial charge >= 0.3 is 6.36 Å². The van der Waals surface area contributed by atoms with Crippen LogP contribution in [0.3, 0.4) is 0 Å². The largest absolute Gasteiger partial charge is 0.572 e. The maximum Gasteiger partial charge on any atom is 0.572 e. The van der Waals surface area contributed by atoms with E-state index in [9.17, 15) is 13.2 Å². The van der Waals surface area contributed by atoms with Crippen LogP contribution in [0.5, 0.6) is 0 Å². The van der Waals surface area contributed by atoms with Gasteiger partial charge in [0.25, 0.3) is 0 Å². The molecule has 0 aliphatic heterocycles. The van der Waals surface area contributed by atoms with Crippen LogP contribution in [0.4, 0.5) is 13.2 Å². The molecule has 0 bridgehead atoms. The highest BCUT2D eigenvalue weighted by atomic mass is 19.4. The van der Waals surface area contributed by atoms with Crippen molar-refractivity contribution >= 4 is 0 Å². The lowest BCUT2D eigenvalue weighted by molar-refractivity contribution is -0.306. The molecule has 0 radical (unpaired) electrons. The number of halogens is 3. The van der Waals surface area contributed by atoms with Gasteiger partial charge in [-0.15, -0.1) is 13.2 Å². The van der Waals surface area contributed by atoms with Gasteiger partial charge < -0.3 is 4.74 Å². The fourth-order valence-corrected chi connectivity index (χ4v) is 0.634. The van der Waals surface area contributed by atoms with Gasteiger partial charge in [0.15, 0.2) is 0 Å². The highest BCUT2D eigenvalue weighted by molar-refractivity contribution is 4.91. The molecule has 0 amide bonds. The molecule has 0 unspecified atom stereocenters. The SMILES string of the molecule is CC/C=C(\CC)OC(F)(F)F. The van der Waals surface area contributed by atoms with Crippen LogP contribution >= 0.6 is 0 Å². The number of hydrogen-bond acceptors (Lipinski definition) is 1. The van der Waals surface area contributed by atoms with Crippen LogP contribution in [0, 0.1) is 0 Å². The summed E-state index contributed by atoms with van der Waals surface area (Å²) in [6.45, 7) is 3.38. The summed E-state index contributed by atoms with van der Waals surface area (Å²) in [7, 11) is 0. The lowest BCUT2D eigenvalue weighted by Crippen LogP contribution is -2.12. The Morgan fingerprint density at radius 3 is 2.18 bits per heavy atom. The first-order chi connectivity index (χ1) is 4.99. The summed E-state index contributed by atoms with van der Waals surface area (Å²) in [5, 5.41) is 0. The van der Waals surface area contributed by atoms with Crippen LogP contribution in [0.25, 0.3) is 0 Å². The lowest BCUT2D eigenvalue weighted by Gasteiger charge is -2.10. The molecule has 0 saturated heterocycles. The molecule has 0 rings (SSSR count). The van der Waals surface area contributed by atoms with Crippen LogP contribution in [-0.4, -0.2) is 6.36 Å². The van der Waals surface area contributed by atoms with E-state index in [0.29, 0.717) is 6.42 Å². The van der Waals surface area contributed by atoms with E-state index in [2.05, 4.69) is 4.74 Å². The van der Waals surface area contributed by atoms with Gasteiger partial charge in [0, 0.05) is 6.42 Å². The number of allylic oxidation sites excluding steroid dienone is 2. The smallest absolute Gasteiger partial charge is 0.411 e. The monoisotopic (exact) mass is 168 g/mol. The van der Waals surface area contributed by atoms with Gasteiger partial charge in [-0.1, -0.05) is 13.8 Å². The Kier molecular flexibility index (Phi) is 4.00. The second-order valence-electron chi connectivity index (χ2n) is 1.98. The molecule has 0 saturated carbocycles. The zero-order valence-corrected chi connectivity index (χ0v) is 6.53. The van der Waals surface area contributed by atoms with Crippen molar-refractivity contribution in [2.45, 2.75) is 33.1 Å². The van der Waals surface area contributed by atoms with Gasteiger partial charge in [-0.05, 0) is 12.5 Å². The summed E-state index contributed by atoms with van der Waals surface area (Å²) in [6, 6.07) is 0. The molecular formula is C7H11F3O. The quantitative estimate of drug-likeness (QED) is 0.588. The molecule has 0 aromatic heterocycles. The Morgan fingerprint density at radius 2 is 1.91 bits per heavy atom. The van der Waals surface area contributed by atoms with Crippen molar-refractivity contribution in [2.24, 2.45) is 0 Å². The minimum absolute atomic E-state index is 0.0139. The zero-order chi connectivity index (χ0) is 8.91. The van der Waals surface area contributed by atoms with Gasteiger partial charge in [-0.3, -0.25) is 0 Å². The van der Waals surface area contributed by atoms with Crippen molar-refractivity contribution in [2.75, 3.05) is 0 Å². The van der Waals surface area contributed by atoms with Crippen molar-refractivity contribution in [1.29, 1.82) is 0 Å². The molecule has 0 N–H and O–H groups in total. The predicted octanol–water partition coefficient (Wildman–Crippen LogP) is 3.23. The van der Waals surface area contributed by atoms with E-state index < -0.39 is 6.36 Å². The summed E-state index contributed by atoms with van der Waals surface area (Å²) < 4.78 is 38.3. The van der Waals surface area contributed by atoms with Crippen molar-refractivity contribution in [1.82, 2.24) is 0 Å². The summed E-state index contributed by atoms with van der Waals surface area (Å²) in [6.07, 6.45) is -2.29. The number of hydrogen-bond donors (Lipinski definition) is 0. The molecule has 0 aromatic rings. The van der Waals surface area contributed by atoms with Gasteiger partial charge in [0.2, 0.25) is 0 Å². The molecule has 0 fully saturated rings. The molecule has 0 heterocycles. The lowest BCUT2D eigenvalue weighted by atomic mass is 10.3. The minimum Gasteiger partial charge on any atom is -0.411 e. The molecule has 0 atom stereocenters. The standard InChI is InChI=1S/C7H11F3O/c1-3-5-6(4-2)11-7(8,9)10/h5H,3-4H2,1-2H3/b6-5+. The first-order valence-corrected chi connectivity index (χ1v) is 3.44. The fraction of sp³-hybridized carbons (Fsp3) is 0.714. The molecule has 11 heavy (non-hydrogen) atoms. The normalized spacial score (nSPS) is 13.4. The highest BCUT2D eigenvalue weighted by Crippen LogP contribution is 2.22. The Bertz CT molecular complexity index is 137. The summed E-state index contributed by atoms with van der Waals surface area (Å²) in [5.41, 5.74) is 0. The predicted molar refractivity (Wildman–Crippen MR) is 35.8 cm³/mol. The molecule has 1 nitrogen and oxygen atoms in total. The molecule has 4 heteroatoms. The second-order valence-corrected chi connectivity index (χ2v) is 1.98. The highest BCUT2D eigenvalue weighted by Gasteiger charge is 2.31. The second kappa shape index (κ2) is 4.26. The fourth-order valence-electron chi connectivity index (χ4n) is 0.634. The zero-order valence-electron chi connectivity index (χ0n) is 6.53. The van der Waals surface area contributed by atoms with Gasteiger partial charge in [-0.2, -0.15) is 0 Å². The maximum atomic E-state index is 11.6. The average molecular weight is 168 g/mol. The van der Waals surface area contributed by atoms with E-state index in [1.165, 1.54) is 6.08 Å². The third kappa shape index (κ3) is 5.76.